The standard InChI is InChI=1S/C16H14F2O2S/c1-10-3-5-13(7-11(10)2)21(20)9-16(19)12-4-6-14(17)15(18)8-12/h3-8H,9H2,1-2H3. The normalized spacial score (nSPS) is 12.2. The van der Waals surface area contributed by atoms with Gasteiger partial charge in [0.15, 0.2) is 17.4 Å². The Hall–Kier alpha value is -1.88. The topological polar surface area (TPSA) is 34.1 Å². The van der Waals surface area contributed by atoms with E-state index in [1.165, 1.54) is 6.07 Å². The number of benzene rings is 2. The maximum atomic E-state index is 13.1. The van der Waals surface area contributed by atoms with Crippen LogP contribution < -0.4 is 0 Å². The van der Waals surface area contributed by atoms with Gasteiger partial charge in [-0.05, 0) is 55.3 Å². The molecular weight excluding hydrogens is 294 g/mol. The van der Waals surface area contributed by atoms with Crippen molar-refractivity contribution in [3.63, 3.8) is 0 Å². The van der Waals surface area contributed by atoms with Gasteiger partial charge in [0, 0.05) is 10.5 Å². The Labute approximate surface area is 124 Å². The molecule has 2 nitrogen and oxygen atoms in total. The summed E-state index contributed by atoms with van der Waals surface area (Å²) < 4.78 is 38.1. The molecule has 0 heterocycles. The Balaban J connectivity index is 2.16. The molecule has 5 heteroatoms. The second-order valence-corrected chi connectivity index (χ2v) is 6.24. The maximum Gasteiger partial charge on any atom is 0.175 e. The van der Waals surface area contributed by atoms with Gasteiger partial charge in [-0.2, -0.15) is 0 Å². The molecule has 1 unspecified atom stereocenters. The third-order valence-corrected chi connectivity index (χ3v) is 4.55. The van der Waals surface area contributed by atoms with Crippen LogP contribution in [0.2, 0.25) is 0 Å². The highest BCUT2D eigenvalue weighted by atomic mass is 32.2. The van der Waals surface area contributed by atoms with Gasteiger partial charge in [0.1, 0.15) is 0 Å². The first-order chi connectivity index (χ1) is 9.88. The van der Waals surface area contributed by atoms with E-state index in [0.717, 1.165) is 23.3 Å². The molecule has 2 aromatic carbocycles. The number of hydrogen-bond acceptors (Lipinski definition) is 2. The Morgan fingerprint density at radius 1 is 1.00 bits per heavy atom. The van der Waals surface area contributed by atoms with Crippen LogP contribution in [0.4, 0.5) is 8.78 Å². The highest BCUT2D eigenvalue weighted by molar-refractivity contribution is 7.85. The van der Waals surface area contributed by atoms with Crippen molar-refractivity contribution in [1.29, 1.82) is 0 Å². The van der Waals surface area contributed by atoms with Gasteiger partial charge in [0.05, 0.1) is 16.6 Å². The molecule has 2 aromatic rings. The largest absolute Gasteiger partial charge is 0.293 e. The van der Waals surface area contributed by atoms with E-state index in [1.807, 2.05) is 19.9 Å². The lowest BCUT2D eigenvalue weighted by molar-refractivity contribution is 0.102. The molecule has 1 atom stereocenters. The highest BCUT2D eigenvalue weighted by Gasteiger charge is 2.14. The molecule has 110 valence electrons. The molecule has 21 heavy (non-hydrogen) atoms. The minimum atomic E-state index is -1.51. The van der Waals surface area contributed by atoms with Crippen molar-refractivity contribution < 1.29 is 17.8 Å². The van der Waals surface area contributed by atoms with E-state index < -0.39 is 28.2 Å². The molecule has 0 aliphatic carbocycles. The van der Waals surface area contributed by atoms with Crippen LogP contribution in [0.25, 0.3) is 0 Å². The second-order valence-electron chi connectivity index (χ2n) is 4.79. The van der Waals surface area contributed by atoms with Gasteiger partial charge < -0.3 is 0 Å². The first-order valence-corrected chi connectivity index (χ1v) is 7.64. The van der Waals surface area contributed by atoms with E-state index in [0.29, 0.717) is 4.90 Å². The zero-order chi connectivity index (χ0) is 15.6. The third-order valence-electron chi connectivity index (χ3n) is 3.25. The fourth-order valence-electron chi connectivity index (χ4n) is 1.81. The quantitative estimate of drug-likeness (QED) is 0.809. The fourth-order valence-corrected chi connectivity index (χ4v) is 2.91. The number of halogens is 2. The molecule has 0 aliphatic rings. The highest BCUT2D eigenvalue weighted by Crippen LogP contribution is 2.15. The average molecular weight is 308 g/mol. The molecule has 0 saturated heterocycles. The van der Waals surface area contributed by atoms with Crippen molar-refractivity contribution in [2.45, 2.75) is 18.7 Å². The number of rotatable bonds is 4. The summed E-state index contributed by atoms with van der Waals surface area (Å²) in [4.78, 5) is 12.5. The Kier molecular flexibility index (Phi) is 4.63. The monoisotopic (exact) mass is 308 g/mol. The van der Waals surface area contributed by atoms with Crippen molar-refractivity contribution in [2.24, 2.45) is 0 Å². The van der Waals surface area contributed by atoms with Gasteiger partial charge in [-0.1, -0.05) is 6.07 Å². The lowest BCUT2D eigenvalue weighted by Gasteiger charge is -2.06. The third kappa shape index (κ3) is 3.61. The number of carbonyl (C=O) groups is 1. The number of ketones is 1. The minimum absolute atomic E-state index is 0.0195. The molecular formula is C16H14F2O2S. The zero-order valence-electron chi connectivity index (χ0n) is 11.7. The number of Topliss-reactive ketones (excluding diaryl/α,β-unsaturated/α-hetero) is 1. The Bertz CT molecular complexity index is 665. The summed E-state index contributed by atoms with van der Waals surface area (Å²) in [5.74, 6) is -2.83. The maximum absolute atomic E-state index is 13.1. The van der Waals surface area contributed by atoms with Crippen molar-refractivity contribution in [1.82, 2.24) is 0 Å². The van der Waals surface area contributed by atoms with Crippen molar-refractivity contribution in [2.75, 3.05) is 5.75 Å². The van der Waals surface area contributed by atoms with Crippen molar-refractivity contribution in [3.05, 3.63) is 64.7 Å². The predicted molar refractivity (Wildman–Crippen MR) is 77.9 cm³/mol. The second kappa shape index (κ2) is 6.26. The zero-order valence-corrected chi connectivity index (χ0v) is 12.5. The molecule has 0 amide bonds. The molecule has 0 saturated carbocycles. The van der Waals surface area contributed by atoms with Gasteiger partial charge in [0.2, 0.25) is 0 Å². The van der Waals surface area contributed by atoms with E-state index in [2.05, 4.69) is 0 Å². The van der Waals surface area contributed by atoms with Gasteiger partial charge in [0.25, 0.3) is 0 Å². The molecule has 0 spiro atoms. The SMILES string of the molecule is Cc1ccc(S(=O)CC(=O)c2ccc(F)c(F)c2)cc1C. The summed E-state index contributed by atoms with van der Waals surface area (Å²) in [6, 6.07) is 8.22. The van der Waals surface area contributed by atoms with Gasteiger partial charge in [-0.3, -0.25) is 9.00 Å². The summed E-state index contributed by atoms with van der Waals surface area (Å²) in [6.45, 7) is 3.84. The fraction of sp³-hybridized carbons (Fsp3) is 0.188. The number of hydrogen-bond donors (Lipinski definition) is 0. The van der Waals surface area contributed by atoms with Crippen LogP contribution in [0.1, 0.15) is 21.5 Å². The first-order valence-electron chi connectivity index (χ1n) is 6.32. The van der Waals surface area contributed by atoms with Crippen LogP contribution in [0.3, 0.4) is 0 Å². The van der Waals surface area contributed by atoms with Crippen molar-refractivity contribution in [3.8, 4) is 0 Å². The van der Waals surface area contributed by atoms with E-state index in [9.17, 15) is 17.8 Å². The van der Waals surface area contributed by atoms with Gasteiger partial charge in [-0.25, -0.2) is 8.78 Å². The van der Waals surface area contributed by atoms with Crippen LogP contribution in [-0.4, -0.2) is 15.7 Å². The molecule has 0 radical (unpaired) electrons. The summed E-state index contributed by atoms with van der Waals surface area (Å²) in [7, 11) is -1.51. The molecule has 0 aliphatic heterocycles. The first kappa shape index (κ1) is 15.5. The summed E-state index contributed by atoms with van der Waals surface area (Å²) in [5, 5.41) is 0. The summed E-state index contributed by atoms with van der Waals surface area (Å²) in [6.07, 6.45) is 0. The molecule has 0 bridgehead atoms. The molecule has 2 rings (SSSR count). The Morgan fingerprint density at radius 3 is 2.33 bits per heavy atom. The number of carbonyl (C=O) groups excluding carboxylic acids is 1. The predicted octanol–water partition coefficient (Wildman–Crippen LogP) is 3.57. The van der Waals surface area contributed by atoms with E-state index in [-0.39, 0.29) is 11.3 Å². The minimum Gasteiger partial charge on any atom is -0.293 e. The summed E-state index contributed by atoms with van der Waals surface area (Å²) >= 11 is 0. The van der Waals surface area contributed by atoms with E-state index in [1.54, 1.807) is 12.1 Å². The van der Waals surface area contributed by atoms with Crippen LogP contribution in [0.15, 0.2) is 41.3 Å². The lowest BCUT2D eigenvalue weighted by Crippen LogP contribution is -2.12. The number of aryl methyl sites for hydroxylation is 2. The van der Waals surface area contributed by atoms with Crippen LogP contribution >= 0.6 is 0 Å². The smallest absolute Gasteiger partial charge is 0.175 e. The average Bonchev–Trinajstić information content (AvgIpc) is 2.44. The Morgan fingerprint density at radius 2 is 1.71 bits per heavy atom. The lowest BCUT2D eigenvalue weighted by atomic mass is 10.1. The van der Waals surface area contributed by atoms with Crippen molar-refractivity contribution >= 4 is 16.6 Å². The van der Waals surface area contributed by atoms with Gasteiger partial charge >= 0.3 is 0 Å². The van der Waals surface area contributed by atoms with E-state index >= 15 is 0 Å². The molecule has 0 aromatic heterocycles. The van der Waals surface area contributed by atoms with Crippen LogP contribution in [-0.2, 0) is 10.8 Å². The van der Waals surface area contributed by atoms with E-state index in [4.69, 9.17) is 0 Å². The summed E-state index contributed by atoms with van der Waals surface area (Å²) in [5.41, 5.74) is 2.08. The van der Waals surface area contributed by atoms with Gasteiger partial charge in [-0.15, -0.1) is 0 Å². The van der Waals surface area contributed by atoms with Crippen LogP contribution in [0, 0.1) is 25.5 Å². The molecule has 0 fully saturated rings. The van der Waals surface area contributed by atoms with Crippen LogP contribution in [0.5, 0.6) is 0 Å². The molecule has 0 N–H and O–H groups in total.